The molecule has 2 rings (SSSR count). The first-order chi connectivity index (χ1) is 7.79. The predicted octanol–water partition coefficient (Wildman–Crippen LogP) is 1.73. The Kier molecular flexibility index (Phi) is 3.83. The molecule has 1 aromatic rings. The van der Waals surface area contributed by atoms with Crippen molar-refractivity contribution < 1.29 is 0 Å². The second-order valence-corrected chi connectivity index (χ2v) is 4.62. The van der Waals surface area contributed by atoms with E-state index in [1.807, 2.05) is 16.9 Å². The van der Waals surface area contributed by atoms with Crippen molar-refractivity contribution in [3.8, 4) is 0 Å². The quantitative estimate of drug-likeness (QED) is 0.764. The normalized spacial score (nSPS) is 15.9. The van der Waals surface area contributed by atoms with Crippen LogP contribution in [0, 0.1) is 0 Å². The SMILES string of the molecule is CCCN(CCCn1ccc(N)n1)C1CC1. The van der Waals surface area contributed by atoms with Gasteiger partial charge < -0.3 is 10.6 Å². The summed E-state index contributed by atoms with van der Waals surface area (Å²) in [6, 6.07) is 2.73. The molecule has 4 heteroatoms. The van der Waals surface area contributed by atoms with Crippen molar-refractivity contribution >= 4 is 5.82 Å². The summed E-state index contributed by atoms with van der Waals surface area (Å²) >= 11 is 0. The monoisotopic (exact) mass is 222 g/mol. The van der Waals surface area contributed by atoms with E-state index in [2.05, 4.69) is 16.9 Å². The Morgan fingerprint density at radius 2 is 2.31 bits per heavy atom. The van der Waals surface area contributed by atoms with Gasteiger partial charge >= 0.3 is 0 Å². The standard InChI is InChI=1S/C12H22N4/c1-2-7-15(11-4-5-11)8-3-9-16-10-6-12(13)14-16/h6,10-11H,2-5,7-9H2,1H3,(H2,13,14). The van der Waals surface area contributed by atoms with Gasteiger partial charge in [-0.15, -0.1) is 0 Å². The van der Waals surface area contributed by atoms with E-state index in [0.717, 1.165) is 19.0 Å². The topological polar surface area (TPSA) is 47.1 Å². The lowest BCUT2D eigenvalue weighted by Crippen LogP contribution is -2.28. The molecule has 0 bridgehead atoms. The molecule has 16 heavy (non-hydrogen) atoms. The van der Waals surface area contributed by atoms with E-state index in [0.29, 0.717) is 5.82 Å². The number of nitrogens with zero attached hydrogens (tertiary/aromatic N) is 3. The van der Waals surface area contributed by atoms with Gasteiger partial charge in [-0.1, -0.05) is 6.92 Å². The van der Waals surface area contributed by atoms with Crippen LogP contribution in [0.25, 0.3) is 0 Å². The predicted molar refractivity (Wildman–Crippen MR) is 66.1 cm³/mol. The van der Waals surface area contributed by atoms with Gasteiger partial charge in [-0.25, -0.2) is 0 Å². The van der Waals surface area contributed by atoms with Crippen molar-refractivity contribution in [2.45, 2.75) is 45.2 Å². The molecule has 1 heterocycles. The Hall–Kier alpha value is -1.03. The minimum atomic E-state index is 0.618. The lowest BCUT2D eigenvalue weighted by atomic mass is 10.3. The number of nitrogen functional groups attached to an aromatic ring is 1. The van der Waals surface area contributed by atoms with E-state index in [4.69, 9.17) is 5.73 Å². The van der Waals surface area contributed by atoms with Crippen molar-refractivity contribution in [3.05, 3.63) is 12.3 Å². The Morgan fingerprint density at radius 3 is 2.88 bits per heavy atom. The highest BCUT2D eigenvalue weighted by Gasteiger charge is 2.27. The highest BCUT2D eigenvalue weighted by atomic mass is 15.3. The van der Waals surface area contributed by atoms with E-state index in [-0.39, 0.29) is 0 Å². The molecular formula is C12H22N4. The molecule has 0 unspecified atom stereocenters. The third-order valence-electron chi connectivity index (χ3n) is 3.07. The van der Waals surface area contributed by atoms with Crippen LogP contribution in [0.5, 0.6) is 0 Å². The van der Waals surface area contributed by atoms with Gasteiger partial charge in [0.05, 0.1) is 0 Å². The smallest absolute Gasteiger partial charge is 0.145 e. The van der Waals surface area contributed by atoms with Crippen molar-refractivity contribution in [3.63, 3.8) is 0 Å². The average Bonchev–Trinajstić information content (AvgIpc) is 3.02. The molecule has 1 fully saturated rings. The van der Waals surface area contributed by atoms with E-state index < -0.39 is 0 Å². The maximum absolute atomic E-state index is 5.57. The lowest BCUT2D eigenvalue weighted by Gasteiger charge is -2.20. The van der Waals surface area contributed by atoms with Gasteiger partial charge in [-0.3, -0.25) is 4.68 Å². The third-order valence-corrected chi connectivity index (χ3v) is 3.07. The molecule has 0 saturated heterocycles. The van der Waals surface area contributed by atoms with Gasteiger partial charge in [-0.2, -0.15) is 5.10 Å². The molecule has 0 amide bonds. The summed E-state index contributed by atoms with van der Waals surface area (Å²) in [4.78, 5) is 2.62. The Morgan fingerprint density at radius 1 is 1.50 bits per heavy atom. The van der Waals surface area contributed by atoms with E-state index in [1.165, 1.54) is 32.4 Å². The molecule has 1 saturated carbocycles. The van der Waals surface area contributed by atoms with Crippen molar-refractivity contribution in [2.75, 3.05) is 18.8 Å². The molecule has 1 aliphatic rings. The van der Waals surface area contributed by atoms with Gasteiger partial charge in [0.1, 0.15) is 5.82 Å². The number of hydrogen-bond acceptors (Lipinski definition) is 3. The summed E-state index contributed by atoms with van der Waals surface area (Å²) in [5.74, 6) is 0.618. The Bertz CT molecular complexity index is 317. The largest absolute Gasteiger partial charge is 0.382 e. The first-order valence-electron chi connectivity index (χ1n) is 6.32. The Labute approximate surface area is 97.4 Å². The summed E-state index contributed by atoms with van der Waals surface area (Å²) in [7, 11) is 0. The van der Waals surface area contributed by atoms with Crippen LogP contribution >= 0.6 is 0 Å². The number of aromatic nitrogens is 2. The molecular weight excluding hydrogens is 200 g/mol. The third kappa shape index (κ3) is 3.23. The first-order valence-corrected chi connectivity index (χ1v) is 6.32. The molecule has 0 radical (unpaired) electrons. The fourth-order valence-electron chi connectivity index (χ4n) is 2.14. The number of aryl methyl sites for hydroxylation is 1. The minimum absolute atomic E-state index is 0.618. The highest BCUT2D eigenvalue weighted by molar-refractivity contribution is 5.23. The molecule has 0 aromatic carbocycles. The molecule has 1 aliphatic carbocycles. The van der Waals surface area contributed by atoms with Crippen LogP contribution in [0.3, 0.4) is 0 Å². The van der Waals surface area contributed by atoms with Gasteiger partial charge in [0.25, 0.3) is 0 Å². The zero-order chi connectivity index (χ0) is 11.4. The van der Waals surface area contributed by atoms with Crippen LogP contribution in [-0.2, 0) is 6.54 Å². The van der Waals surface area contributed by atoms with Crippen LogP contribution in [0.2, 0.25) is 0 Å². The number of rotatable bonds is 7. The lowest BCUT2D eigenvalue weighted by molar-refractivity contribution is 0.254. The number of nitrogens with two attached hydrogens (primary N) is 1. The summed E-state index contributed by atoms with van der Waals surface area (Å²) < 4.78 is 1.94. The molecule has 4 nitrogen and oxygen atoms in total. The van der Waals surface area contributed by atoms with Crippen molar-refractivity contribution in [1.29, 1.82) is 0 Å². The van der Waals surface area contributed by atoms with Crippen LogP contribution in [0.4, 0.5) is 5.82 Å². The average molecular weight is 222 g/mol. The first kappa shape index (κ1) is 11.5. The van der Waals surface area contributed by atoms with E-state index in [1.54, 1.807) is 0 Å². The van der Waals surface area contributed by atoms with E-state index in [9.17, 15) is 0 Å². The van der Waals surface area contributed by atoms with Crippen LogP contribution in [0.15, 0.2) is 12.3 Å². The van der Waals surface area contributed by atoms with Gasteiger partial charge in [0.15, 0.2) is 0 Å². The molecule has 0 atom stereocenters. The van der Waals surface area contributed by atoms with Crippen LogP contribution in [0.1, 0.15) is 32.6 Å². The van der Waals surface area contributed by atoms with Gasteiger partial charge in [-0.05, 0) is 38.3 Å². The maximum Gasteiger partial charge on any atom is 0.145 e. The summed E-state index contributed by atoms with van der Waals surface area (Å²) in [5.41, 5.74) is 5.57. The van der Waals surface area contributed by atoms with Gasteiger partial charge in [0.2, 0.25) is 0 Å². The minimum Gasteiger partial charge on any atom is -0.382 e. The van der Waals surface area contributed by atoms with Crippen molar-refractivity contribution in [2.24, 2.45) is 0 Å². The Balaban J connectivity index is 1.69. The molecule has 0 spiro atoms. The number of hydrogen-bond donors (Lipinski definition) is 1. The van der Waals surface area contributed by atoms with E-state index >= 15 is 0 Å². The number of anilines is 1. The molecule has 90 valence electrons. The van der Waals surface area contributed by atoms with Crippen LogP contribution < -0.4 is 5.73 Å². The fraction of sp³-hybridized carbons (Fsp3) is 0.750. The van der Waals surface area contributed by atoms with Gasteiger partial charge in [0, 0.05) is 25.3 Å². The molecule has 0 aliphatic heterocycles. The fourth-order valence-corrected chi connectivity index (χ4v) is 2.14. The van der Waals surface area contributed by atoms with Crippen LogP contribution in [-0.4, -0.2) is 33.8 Å². The maximum atomic E-state index is 5.57. The summed E-state index contributed by atoms with van der Waals surface area (Å²) in [5, 5.41) is 4.19. The zero-order valence-electron chi connectivity index (χ0n) is 10.1. The zero-order valence-corrected chi connectivity index (χ0v) is 10.1. The van der Waals surface area contributed by atoms with Crippen molar-refractivity contribution in [1.82, 2.24) is 14.7 Å². The summed E-state index contributed by atoms with van der Waals surface area (Å²) in [6.07, 6.45) is 7.17. The molecule has 1 aromatic heterocycles. The summed E-state index contributed by atoms with van der Waals surface area (Å²) in [6.45, 7) is 5.66. The molecule has 2 N–H and O–H groups in total. The highest BCUT2D eigenvalue weighted by Crippen LogP contribution is 2.26. The second kappa shape index (κ2) is 5.34. The second-order valence-electron chi connectivity index (χ2n) is 4.62.